The number of halogens is 2. The molecule has 0 unspecified atom stereocenters. The number of hydrogen-bond donors (Lipinski definition) is 1. The normalized spacial score (nSPS) is 24.1. The summed E-state index contributed by atoms with van der Waals surface area (Å²) in [5.74, 6) is -4.42. The Balaban J connectivity index is 1.84. The van der Waals surface area contributed by atoms with Crippen LogP contribution in [-0.2, 0) is 4.79 Å². The summed E-state index contributed by atoms with van der Waals surface area (Å²) in [7, 11) is 1.40. The third-order valence-electron chi connectivity index (χ3n) is 4.16. The molecule has 22 heavy (non-hydrogen) atoms. The van der Waals surface area contributed by atoms with Crippen LogP contribution in [0.2, 0.25) is 0 Å². The number of rotatable bonds is 3. The number of likely N-dealkylation sites (tertiary alicyclic amines) is 1. The number of nitrogens with one attached hydrogen (secondary N) is 1. The lowest BCUT2D eigenvalue weighted by Crippen LogP contribution is -2.39. The van der Waals surface area contributed by atoms with Gasteiger partial charge in [-0.25, -0.2) is 8.78 Å². The highest BCUT2D eigenvalue weighted by molar-refractivity contribution is 5.89. The van der Waals surface area contributed by atoms with Gasteiger partial charge >= 0.3 is 0 Å². The number of carbonyl (C=O) groups excluding carboxylic acids is 2. The summed E-state index contributed by atoms with van der Waals surface area (Å²) < 4.78 is 32.4. The second kappa shape index (κ2) is 5.29. The van der Waals surface area contributed by atoms with Gasteiger partial charge in [-0.1, -0.05) is 11.6 Å². The molecule has 0 radical (unpaired) electrons. The van der Waals surface area contributed by atoms with E-state index in [1.54, 1.807) is 0 Å². The highest BCUT2D eigenvalue weighted by Gasteiger charge is 2.51. The first-order chi connectivity index (χ1) is 10.4. The fourth-order valence-corrected chi connectivity index (χ4v) is 2.73. The molecule has 0 aromatic carbocycles. The van der Waals surface area contributed by atoms with Gasteiger partial charge in [-0.2, -0.15) is 4.98 Å². The van der Waals surface area contributed by atoms with Crippen LogP contribution in [0.1, 0.15) is 48.2 Å². The summed E-state index contributed by atoms with van der Waals surface area (Å²) >= 11 is 0. The molecule has 3 rings (SSSR count). The monoisotopic (exact) mass is 314 g/mol. The molecule has 1 aromatic heterocycles. The maximum Gasteiger partial charge on any atom is 0.292 e. The lowest BCUT2D eigenvalue weighted by Gasteiger charge is -2.31. The highest BCUT2D eigenvalue weighted by Crippen LogP contribution is 2.43. The zero-order chi connectivity index (χ0) is 15.9. The molecule has 2 amide bonds. The molecule has 1 aliphatic carbocycles. The number of carbonyl (C=O) groups is 2. The summed E-state index contributed by atoms with van der Waals surface area (Å²) in [6, 6.07) is -0.978. The summed E-state index contributed by atoms with van der Waals surface area (Å²) in [4.78, 5) is 28.7. The predicted molar refractivity (Wildman–Crippen MR) is 69.0 cm³/mol. The molecular formula is C13H16F2N4O3. The molecule has 7 nitrogen and oxygen atoms in total. The van der Waals surface area contributed by atoms with E-state index in [1.807, 2.05) is 0 Å². The van der Waals surface area contributed by atoms with Crippen LogP contribution in [0.5, 0.6) is 0 Å². The van der Waals surface area contributed by atoms with Gasteiger partial charge in [0.1, 0.15) is 6.04 Å². The molecule has 1 aliphatic heterocycles. The average molecular weight is 314 g/mol. The maximum atomic E-state index is 13.7. The van der Waals surface area contributed by atoms with Crippen molar-refractivity contribution < 1.29 is 22.9 Å². The lowest BCUT2D eigenvalue weighted by atomic mass is 9.84. The number of alkyl halides is 2. The molecule has 1 aromatic rings. The lowest BCUT2D eigenvalue weighted by molar-refractivity contribution is -0.140. The van der Waals surface area contributed by atoms with Crippen molar-refractivity contribution in [2.75, 3.05) is 13.6 Å². The van der Waals surface area contributed by atoms with Crippen molar-refractivity contribution in [3.8, 4) is 0 Å². The third kappa shape index (κ3) is 2.55. The fourth-order valence-electron chi connectivity index (χ4n) is 2.73. The molecule has 1 saturated heterocycles. The molecule has 120 valence electrons. The van der Waals surface area contributed by atoms with E-state index in [0.717, 1.165) is 24.2 Å². The Kier molecular flexibility index (Phi) is 3.57. The van der Waals surface area contributed by atoms with Crippen LogP contribution in [0.3, 0.4) is 0 Å². The van der Waals surface area contributed by atoms with Crippen LogP contribution in [0.15, 0.2) is 4.52 Å². The Hall–Kier alpha value is -2.06. The Morgan fingerprint density at radius 3 is 2.73 bits per heavy atom. The van der Waals surface area contributed by atoms with Crippen LogP contribution in [0.4, 0.5) is 8.78 Å². The van der Waals surface area contributed by atoms with Crippen molar-refractivity contribution in [3.63, 3.8) is 0 Å². The van der Waals surface area contributed by atoms with Gasteiger partial charge in [-0.3, -0.25) is 9.59 Å². The van der Waals surface area contributed by atoms with Crippen molar-refractivity contribution in [2.45, 2.75) is 37.6 Å². The quantitative estimate of drug-likeness (QED) is 0.904. The van der Waals surface area contributed by atoms with Gasteiger partial charge in [-0.15, -0.1) is 0 Å². The van der Waals surface area contributed by atoms with E-state index in [4.69, 9.17) is 4.52 Å². The van der Waals surface area contributed by atoms with E-state index >= 15 is 0 Å². The Morgan fingerprint density at radius 2 is 2.14 bits per heavy atom. The summed E-state index contributed by atoms with van der Waals surface area (Å²) in [5.41, 5.74) is 0. The first kappa shape index (κ1) is 14.9. The maximum absolute atomic E-state index is 13.7. The van der Waals surface area contributed by atoms with Gasteiger partial charge in [0, 0.05) is 19.4 Å². The highest BCUT2D eigenvalue weighted by atomic mass is 19.3. The summed E-state index contributed by atoms with van der Waals surface area (Å²) in [6.45, 7) is -0.648. The van der Waals surface area contributed by atoms with E-state index in [-0.39, 0.29) is 23.5 Å². The van der Waals surface area contributed by atoms with Crippen molar-refractivity contribution in [1.29, 1.82) is 0 Å². The van der Waals surface area contributed by atoms with Gasteiger partial charge < -0.3 is 14.7 Å². The Bertz CT molecular complexity index is 600. The number of nitrogens with zero attached hydrogens (tertiary/aromatic N) is 3. The van der Waals surface area contributed by atoms with Crippen LogP contribution < -0.4 is 5.32 Å². The topological polar surface area (TPSA) is 88.3 Å². The number of amides is 2. The van der Waals surface area contributed by atoms with Crippen LogP contribution >= 0.6 is 0 Å². The van der Waals surface area contributed by atoms with E-state index in [0.29, 0.717) is 0 Å². The predicted octanol–water partition coefficient (Wildman–Crippen LogP) is 1.14. The zero-order valence-electron chi connectivity index (χ0n) is 12.0. The second-order valence-electron chi connectivity index (χ2n) is 5.71. The van der Waals surface area contributed by atoms with E-state index < -0.39 is 30.8 Å². The molecule has 2 heterocycles. The van der Waals surface area contributed by atoms with Crippen LogP contribution in [0, 0.1) is 5.92 Å². The van der Waals surface area contributed by atoms with Crippen LogP contribution in [0.25, 0.3) is 0 Å². The molecule has 0 spiro atoms. The van der Waals surface area contributed by atoms with Gasteiger partial charge in [0.05, 0.1) is 6.54 Å². The minimum atomic E-state index is -2.99. The van der Waals surface area contributed by atoms with Crippen LogP contribution in [-0.4, -0.2) is 46.4 Å². The minimum Gasteiger partial charge on any atom is -0.352 e. The van der Waals surface area contributed by atoms with Gasteiger partial charge in [-0.05, 0) is 12.8 Å². The van der Waals surface area contributed by atoms with Gasteiger partial charge in [0.2, 0.25) is 11.8 Å². The number of aromatic nitrogens is 2. The SMILES string of the molecule is CNC(=O)c1noc([C@@H]2CC(F)(F)CN2C(=O)C2CCC2)n1. The Labute approximate surface area is 125 Å². The van der Waals surface area contributed by atoms with Crippen molar-refractivity contribution in [2.24, 2.45) is 5.92 Å². The smallest absolute Gasteiger partial charge is 0.292 e. The van der Waals surface area contributed by atoms with Crippen molar-refractivity contribution in [3.05, 3.63) is 11.7 Å². The first-order valence-corrected chi connectivity index (χ1v) is 7.15. The van der Waals surface area contributed by atoms with E-state index in [1.165, 1.54) is 7.05 Å². The number of hydrogen-bond acceptors (Lipinski definition) is 5. The fraction of sp³-hybridized carbons (Fsp3) is 0.692. The third-order valence-corrected chi connectivity index (χ3v) is 4.16. The summed E-state index contributed by atoms with van der Waals surface area (Å²) in [6.07, 6.45) is 1.81. The van der Waals surface area contributed by atoms with Gasteiger partial charge in [0.15, 0.2) is 0 Å². The molecule has 2 aliphatic rings. The standard InChI is InChI=1S/C13H16F2N4O3/c1-16-10(20)9-17-11(22-18-9)8-5-13(14,15)6-19(8)12(21)7-3-2-4-7/h7-8H,2-6H2,1H3,(H,16,20)/t8-/m0/s1. The average Bonchev–Trinajstić information content (AvgIpc) is 2.99. The molecule has 0 bridgehead atoms. The largest absolute Gasteiger partial charge is 0.352 e. The minimum absolute atomic E-state index is 0.122. The van der Waals surface area contributed by atoms with E-state index in [9.17, 15) is 18.4 Å². The molecule has 1 saturated carbocycles. The molecule has 1 atom stereocenters. The van der Waals surface area contributed by atoms with E-state index in [2.05, 4.69) is 15.5 Å². The summed E-state index contributed by atoms with van der Waals surface area (Å²) in [5, 5.41) is 5.79. The first-order valence-electron chi connectivity index (χ1n) is 7.15. The molecular weight excluding hydrogens is 298 g/mol. The zero-order valence-corrected chi connectivity index (χ0v) is 12.0. The molecule has 2 fully saturated rings. The molecule has 1 N–H and O–H groups in total. The van der Waals surface area contributed by atoms with Crippen molar-refractivity contribution in [1.82, 2.24) is 20.4 Å². The second-order valence-corrected chi connectivity index (χ2v) is 5.71. The molecule has 9 heteroatoms. The Morgan fingerprint density at radius 1 is 1.41 bits per heavy atom. The van der Waals surface area contributed by atoms with Crippen molar-refractivity contribution >= 4 is 11.8 Å². The van der Waals surface area contributed by atoms with Gasteiger partial charge in [0.25, 0.3) is 17.7 Å².